The summed E-state index contributed by atoms with van der Waals surface area (Å²) in [6.45, 7) is 6.91. The van der Waals surface area contributed by atoms with Crippen molar-refractivity contribution in [2.24, 2.45) is 0 Å². The average molecular weight is 346 g/mol. The minimum atomic E-state index is -4.38. The molecule has 7 heteroatoms. The van der Waals surface area contributed by atoms with Crippen LogP contribution in [0.5, 0.6) is 0 Å². The summed E-state index contributed by atoms with van der Waals surface area (Å²) in [5, 5.41) is 2.62. The fraction of sp³-hybridized carbons (Fsp3) is 0.562. The number of rotatable bonds is 5. The molecule has 1 amide bonds. The molecule has 1 saturated heterocycles. The fourth-order valence-corrected chi connectivity index (χ4v) is 3.80. The summed E-state index contributed by atoms with van der Waals surface area (Å²) in [4.78, 5) is 14.0. The second-order valence-electron chi connectivity index (χ2n) is 5.89. The van der Waals surface area contributed by atoms with Crippen molar-refractivity contribution in [2.75, 3.05) is 13.1 Å². The third-order valence-electron chi connectivity index (χ3n) is 3.65. The van der Waals surface area contributed by atoms with Crippen LogP contribution in [0.25, 0.3) is 0 Å². The number of carbonyl (C=O) groups excluding carboxylic acids is 1. The number of amides is 1. The van der Waals surface area contributed by atoms with E-state index in [1.807, 2.05) is 13.8 Å². The number of halogens is 3. The lowest BCUT2D eigenvalue weighted by Crippen LogP contribution is -2.38. The van der Waals surface area contributed by atoms with E-state index in [9.17, 15) is 18.0 Å². The summed E-state index contributed by atoms with van der Waals surface area (Å²) < 4.78 is 38.7. The number of nitrogens with one attached hydrogen (secondary N) is 1. The monoisotopic (exact) mass is 346 g/mol. The standard InChI is InChI=1S/C16H21F3N2OS/c1-10(2)20-7-8-21-14(22)11(3)23-15(21)12-5-4-6-13(9-12)16(17,18)19/h4-6,9-11,15,20H,7-8H2,1-3H3. The van der Waals surface area contributed by atoms with Crippen LogP contribution in [-0.4, -0.2) is 35.2 Å². The van der Waals surface area contributed by atoms with Crippen molar-refractivity contribution in [1.29, 1.82) is 0 Å². The molecule has 1 heterocycles. The first-order valence-electron chi connectivity index (χ1n) is 7.56. The highest BCUT2D eigenvalue weighted by Crippen LogP contribution is 2.43. The van der Waals surface area contributed by atoms with Gasteiger partial charge >= 0.3 is 6.18 Å². The van der Waals surface area contributed by atoms with Gasteiger partial charge in [-0.05, 0) is 24.6 Å². The summed E-state index contributed by atoms with van der Waals surface area (Å²) in [7, 11) is 0. The first-order chi connectivity index (χ1) is 10.7. The van der Waals surface area contributed by atoms with Crippen molar-refractivity contribution < 1.29 is 18.0 Å². The van der Waals surface area contributed by atoms with E-state index in [1.54, 1.807) is 17.9 Å². The van der Waals surface area contributed by atoms with Gasteiger partial charge in [0.15, 0.2) is 0 Å². The predicted molar refractivity (Wildman–Crippen MR) is 86.1 cm³/mol. The minimum absolute atomic E-state index is 0.0250. The molecular weight excluding hydrogens is 325 g/mol. The maximum absolute atomic E-state index is 12.9. The third-order valence-corrected chi connectivity index (χ3v) is 5.05. The Morgan fingerprint density at radius 1 is 1.35 bits per heavy atom. The zero-order valence-electron chi connectivity index (χ0n) is 13.4. The molecule has 1 aliphatic heterocycles. The molecule has 23 heavy (non-hydrogen) atoms. The number of alkyl halides is 3. The van der Waals surface area contributed by atoms with Gasteiger partial charge in [-0.2, -0.15) is 13.2 Å². The molecule has 1 N–H and O–H groups in total. The van der Waals surface area contributed by atoms with Gasteiger partial charge in [-0.3, -0.25) is 4.79 Å². The van der Waals surface area contributed by atoms with E-state index in [0.29, 0.717) is 24.7 Å². The Bertz CT molecular complexity index is 563. The summed E-state index contributed by atoms with van der Waals surface area (Å²) in [5.74, 6) is -0.0250. The van der Waals surface area contributed by atoms with Crippen LogP contribution in [0.2, 0.25) is 0 Å². The zero-order valence-corrected chi connectivity index (χ0v) is 14.2. The van der Waals surface area contributed by atoms with Crippen LogP contribution in [0.3, 0.4) is 0 Å². The van der Waals surface area contributed by atoms with Crippen molar-refractivity contribution in [1.82, 2.24) is 10.2 Å². The lowest BCUT2D eigenvalue weighted by atomic mass is 10.1. The average Bonchev–Trinajstić information content (AvgIpc) is 2.74. The van der Waals surface area contributed by atoms with Gasteiger partial charge in [0.1, 0.15) is 5.37 Å². The molecule has 2 unspecified atom stereocenters. The van der Waals surface area contributed by atoms with Crippen molar-refractivity contribution in [3.8, 4) is 0 Å². The molecule has 0 radical (unpaired) electrons. The molecule has 0 saturated carbocycles. The maximum atomic E-state index is 12.9. The van der Waals surface area contributed by atoms with E-state index in [2.05, 4.69) is 5.32 Å². The van der Waals surface area contributed by atoms with E-state index in [1.165, 1.54) is 17.8 Å². The summed E-state index contributed by atoms with van der Waals surface area (Å²) in [6.07, 6.45) is -4.38. The highest BCUT2D eigenvalue weighted by atomic mass is 32.2. The van der Waals surface area contributed by atoms with Gasteiger partial charge < -0.3 is 10.2 Å². The molecule has 2 atom stereocenters. The van der Waals surface area contributed by atoms with Crippen LogP contribution < -0.4 is 5.32 Å². The SMILES string of the molecule is CC(C)NCCN1C(=O)C(C)SC1c1cccc(C(F)(F)F)c1. The second-order valence-corrected chi connectivity index (χ2v) is 7.32. The molecule has 128 valence electrons. The number of hydrogen-bond acceptors (Lipinski definition) is 3. The van der Waals surface area contributed by atoms with Crippen LogP contribution in [-0.2, 0) is 11.0 Å². The number of carbonyl (C=O) groups is 1. The molecule has 0 aromatic heterocycles. The van der Waals surface area contributed by atoms with Crippen LogP contribution in [0.4, 0.5) is 13.2 Å². The molecule has 1 aromatic carbocycles. The quantitative estimate of drug-likeness (QED) is 0.883. The van der Waals surface area contributed by atoms with E-state index in [0.717, 1.165) is 12.1 Å². The maximum Gasteiger partial charge on any atom is 0.416 e. The van der Waals surface area contributed by atoms with Gasteiger partial charge in [0, 0.05) is 19.1 Å². The number of hydrogen-bond donors (Lipinski definition) is 1. The Labute approximate surface area is 138 Å². The topological polar surface area (TPSA) is 32.3 Å². The Kier molecular flexibility index (Phi) is 5.62. The van der Waals surface area contributed by atoms with E-state index in [-0.39, 0.29) is 16.5 Å². The first-order valence-corrected chi connectivity index (χ1v) is 8.51. The van der Waals surface area contributed by atoms with E-state index in [4.69, 9.17) is 0 Å². The molecule has 0 spiro atoms. The normalized spacial score (nSPS) is 22.2. The largest absolute Gasteiger partial charge is 0.416 e. The van der Waals surface area contributed by atoms with Gasteiger partial charge in [-0.1, -0.05) is 26.0 Å². The molecule has 1 aliphatic rings. The number of nitrogens with zero attached hydrogens (tertiary/aromatic N) is 1. The summed E-state index contributed by atoms with van der Waals surface area (Å²) in [6, 6.07) is 5.55. The van der Waals surface area contributed by atoms with Gasteiger partial charge in [-0.25, -0.2) is 0 Å². The Morgan fingerprint density at radius 2 is 2.04 bits per heavy atom. The van der Waals surface area contributed by atoms with Crippen molar-refractivity contribution in [2.45, 2.75) is 43.6 Å². The van der Waals surface area contributed by atoms with Crippen molar-refractivity contribution in [3.63, 3.8) is 0 Å². The lowest BCUT2D eigenvalue weighted by molar-refractivity contribution is -0.137. The van der Waals surface area contributed by atoms with Gasteiger partial charge in [0.2, 0.25) is 5.91 Å². The van der Waals surface area contributed by atoms with Gasteiger partial charge in [-0.15, -0.1) is 11.8 Å². The van der Waals surface area contributed by atoms with Crippen LogP contribution in [0.15, 0.2) is 24.3 Å². The summed E-state index contributed by atoms with van der Waals surface area (Å²) in [5.41, 5.74) is -0.157. The zero-order chi connectivity index (χ0) is 17.2. The predicted octanol–water partition coefficient (Wildman–Crippen LogP) is 3.67. The van der Waals surface area contributed by atoms with Crippen LogP contribution in [0, 0.1) is 0 Å². The molecule has 1 aromatic rings. The molecule has 0 bridgehead atoms. The van der Waals surface area contributed by atoms with Gasteiger partial charge in [0.05, 0.1) is 10.8 Å². The molecule has 0 aliphatic carbocycles. The lowest BCUT2D eigenvalue weighted by Gasteiger charge is -2.25. The van der Waals surface area contributed by atoms with E-state index < -0.39 is 11.7 Å². The number of thioether (sulfide) groups is 1. The van der Waals surface area contributed by atoms with E-state index >= 15 is 0 Å². The Balaban J connectivity index is 2.20. The van der Waals surface area contributed by atoms with Gasteiger partial charge in [0.25, 0.3) is 0 Å². The molecule has 3 nitrogen and oxygen atoms in total. The highest BCUT2D eigenvalue weighted by Gasteiger charge is 2.39. The fourth-order valence-electron chi connectivity index (χ4n) is 2.50. The molecular formula is C16H21F3N2OS. The van der Waals surface area contributed by atoms with Crippen molar-refractivity contribution in [3.05, 3.63) is 35.4 Å². The Hall–Kier alpha value is -1.21. The second kappa shape index (κ2) is 7.13. The summed E-state index contributed by atoms with van der Waals surface area (Å²) >= 11 is 1.39. The van der Waals surface area contributed by atoms with Crippen LogP contribution in [0.1, 0.15) is 37.3 Å². The molecule has 1 fully saturated rings. The highest BCUT2D eigenvalue weighted by molar-refractivity contribution is 8.01. The van der Waals surface area contributed by atoms with Crippen LogP contribution >= 0.6 is 11.8 Å². The number of benzene rings is 1. The molecule has 2 rings (SSSR count). The Morgan fingerprint density at radius 3 is 2.65 bits per heavy atom. The first kappa shape index (κ1) is 18.1. The van der Waals surface area contributed by atoms with Crippen molar-refractivity contribution >= 4 is 17.7 Å². The smallest absolute Gasteiger partial charge is 0.324 e. The minimum Gasteiger partial charge on any atom is -0.324 e. The third kappa shape index (κ3) is 4.41.